The van der Waals surface area contributed by atoms with Crippen LogP contribution in [-0.2, 0) is 7.05 Å². The molecule has 10 nitrogen and oxygen atoms in total. The van der Waals surface area contributed by atoms with E-state index in [1.165, 1.54) is 16.9 Å². The van der Waals surface area contributed by atoms with E-state index < -0.39 is 4.92 Å². The van der Waals surface area contributed by atoms with Gasteiger partial charge in [0, 0.05) is 18.8 Å². The SMILES string of the molecule is CC(=Cn1nc([N+](=O)[O-])cc1C)NNC(=O)c1cc(I)n(C)n1. The number of aryl methyl sites for hydroxylation is 2. The molecule has 0 spiro atoms. The Morgan fingerprint density at radius 3 is 2.61 bits per heavy atom. The molecule has 23 heavy (non-hydrogen) atoms. The Hall–Kier alpha value is -2.44. The van der Waals surface area contributed by atoms with Crippen molar-refractivity contribution in [3.8, 4) is 0 Å². The van der Waals surface area contributed by atoms with Crippen LogP contribution in [0.3, 0.4) is 0 Å². The highest BCUT2D eigenvalue weighted by molar-refractivity contribution is 14.1. The number of amides is 1. The van der Waals surface area contributed by atoms with Crippen LogP contribution in [0.5, 0.6) is 0 Å². The summed E-state index contributed by atoms with van der Waals surface area (Å²) in [7, 11) is 1.74. The van der Waals surface area contributed by atoms with E-state index in [4.69, 9.17) is 0 Å². The predicted molar refractivity (Wildman–Crippen MR) is 90.1 cm³/mol. The first-order valence-corrected chi connectivity index (χ1v) is 7.50. The van der Waals surface area contributed by atoms with Gasteiger partial charge in [-0.15, -0.1) is 0 Å². The summed E-state index contributed by atoms with van der Waals surface area (Å²) in [5.74, 6) is -0.627. The van der Waals surface area contributed by atoms with Gasteiger partial charge >= 0.3 is 5.82 Å². The topological polar surface area (TPSA) is 120 Å². The fourth-order valence-corrected chi connectivity index (χ4v) is 2.08. The zero-order valence-corrected chi connectivity index (χ0v) is 14.7. The Kier molecular flexibility index (Phi) is 4.98. The summed E-state index contributed by atoms with van der Waals surface area (Å²) in [6, 6.07) is 3.01. The Bertz CT molecular complexity index is 773. The number of allylic oxidation sites excluding steroid dienone is 1. The molecule has 0 atom stereocenters. The van der Waals surface area contributed by atoms with Crippen LogP contribution < -0.4 is 10.9 Å². The van der Waals surface area contributed by atoms with Crippen LogP contribution in [-0.4, -0.2) is 30.4 Å². The van der Waals surface area contributed by atoms with E-state index in [2.05, 4.69) is 43.6 Å². The number of nitrogens with zero attached hydrogens (tertiary/aromatic N) is 5. The fourth-order valence-electron chi connectivity index (χ4n) is 1.68. The lowest BCUT2D eigenvalue weighted by Gasteiger charge is -2.06. The average molecular weight is 431 g/mol. The molecule has 0 aliphatic rings. The maximum atomic E-state index is 11.9. The van der Waals surface area contributed by atoms with Crippen molar-refractivity contribution in [1.29, 1.82) is 0 Å². The second-order valence-corrected chi connectivity index (χ2v) is 5.82. The average Bonchev–Trinajstić information content (AvgIpc) is 3.00. The molecule has 0 fully saturated rings. The van der Waals surface area contributed by atoms with Crippen LogP contribution in [0.1, 0.15) is 23.1 Å². The normalized spacial score (nSPS) is 11.4. The van der Waals surface area contributed by atoms with Crippen LogP contribution in [0.15, 0.2) is 17.8 Å². The molecule has 0 radical (unpaired) electrons. The molecule has 122 valence electrons. The summed E-state index contributed by atoms with van der Waals surface area (Å²) in [5, 5.41) is 18.6. The molecule has 2 aromatic heterocycles. The lowest BCUT2D eigenvalue weighted by atomic mass is 10.4. The molecular weight excluding hydrogens is 417 g/mol. The summed E-state index contributed by atoms with van der Waals surface area (Å²) in [6.07, 6.45) is 1.53. The number of hydrazine groups is 1. The highest BCUT2D eigenvalue weighted by Crippen LogP contribution is 2.11. The van der Waals surface area contributed by atoms with E-state index in [9.17, 15) is 14.9 Å². The van der Waals surface area contributed by atoms with Crippen LogP contribution in [0.2, 0.25) is 0 Å². The van der Waals surface area contributed by atoms with Gasteiger partial charge in [-0.05, 0) is 41.4 Å². The third-order valence-corrected chi connectivity index (χ3v) is 3.85. The number of carbonyl (C=O) groups is 1. The van der Waals surface area contributed by atoms with E-state index in [-0.39, 0.29) is 17.4 Å². The van der Waals surface area contributed by atoms with Crippen molar-refractivity contribution in [2.75, 3.05) is 0 Å². The Morgan fingerprint density at radius 2 is 2.09 bits per heavy atom. The van der Waals surface area contributed by atoms with Gasteiger partial charge in [0.2, 0.25) is 0 Å². The highest BCUT2D eigenvalue weighted by Gasteiger charge is 2.14. The molecule has 2 heterocycles. The van der Waals surface area contributed by atoms with E-state index in [1.54, 1.807) is 31.6 Å². The van der Waals surface area contributed by atoms with Crippen molar-refractivity contribution < 1.29 is 9.72 Å². The van der Waals surface area contributed by atoms with Crippen LogP contribution in [0, 0.1) is 20.7 Å². The smallest absolute Gasteiger partial charge is 0.358 e. The van der Waals surface area contributed by atoms with Crippen LogP contribution in [0.25, 0.3) is 6.20 Å². The van der Waals surface area contributed by atoms with Gasteiger partial charge in [0.05, 0.1) is 26.8 Å². The van der Waals surface area contributed by atoms with Crippen molar-refractivity contribution >= 4 is 40.5 Å². The maximum Gasteiger partial charge on any atom is 0.390 e. The van der Waals surface area contributed by atoms with E-state index in [1.807, 2.05) is 0 Å². The molecule has 0 saturated heterocycles. The molecule has 0 aliphatic carbocycles. The number of carbonyl (C=O) groups excluding carboxylic acids is 1. The molecule has 2 N–H and O–H groups in total. The zero-order chi connectivity index (χ0) is 17.1. The molecule has 0 unspecified atom stereocenters. The molecule has 0 aliphatic heterocycles. The molecular formula is C12H14IN7O3. The summed E-state index contributed by atoms with van der Waals surface area (Å²) < 4.78 is 3.78. The van der Waals surface area contributed by atoms with Gasteiger partial charge in [-0.1, -0.05) is 0 Å². The summed E-state index contributed by atoms with van der Waals surface area (Å²) in [5.41, 5.74) is 6.63. The maximum absolute atomic E-state index is 11.9. The van der Waals surface area contributed by atoms with Gasteiger partial charge in [-0.2, -0.15) is 9.78 Å². The van der Waals surface area contributed by atoms with Crippen molar-refractivity contribution in [3.05, 3.63) is 43.0 Å². The van der Waals surface area contributed by atoms with Crippen molar-refractivity contribution in [3.63, 3.8) is 0 Å². The Labute approximate surface area is 144 Å². The fraction of sp³-hybridized carbons (Fsp3) is 0.250. The summed E-state index contributed by atoms with van der Waals surface area (Å²) in [4.78, 5) is 22.1. The number of hydrogen-bond acceptors (Lipinski definition) is 6. The lowest BCUT2D eigenvalue weighted by molar-refractivity contribution is -0.389. The van der Waals surface area contributed by atoms with Gasteiger partial charge in [0.15, 0.2) is 5.69 Å². The third kappa shape index (κ3) is 4.06. The molecule has 11 heteroatoms. The second kappa shape index (κ2) is 6.76. The van der Waals surface area contributed by atoms with Gasteiger partial charge in [-0.25, -0.2) is 0 Å². The van der Waals surface area contributed by atoms with E-state index in [0.29, 0.717) is 11.4 Å². The quantitative estimate of drug-likeness (QED) is 0.417. The van der Waals surface area contributed by atoms with Crippen LogP contribution >= 0.6 is 22.6 Å². The minimum Gasteiger partial charge on any atom is -0.358 e. The third-order valence-electron chi connectivity index (χ3n) is 2.84. The number of nitrogens with one attached hydrogen (secondary N) is 2. The van der Waals surface area contributed by atoms with E-state index in [0.717, 1.165) is 3.70 Å². The van der Waals surface area contributed by atoms with Crippen molar-refractivity contribution in [2.24, 2.45) is 7.05 Å². The number of hydrogen-bond donors (Lipinski definition) is 2. The Morgan fingerprint density at radius 1 is 1.39 bits per heavy atom. The van der Waals surface area contributed by atoms with E-state index >= 15 is 0 Å². The van der Waals surface area contributed by atoms with Gasteiger partial charge < -0.3 is 15.5 Å². The predicted octanol–water partition coefficient (Wildman–Crippen LogP) is 1.19. The highest BCUT2D eigenvalue weighted by atomic mass is 127. The number of nitro groups is 1. The molecule has 0 aromatic carbocycles. The zero-order valence-electron chi connectivity index (χ0n) is 12.6. The van der Waals surface area contributed by atoms with Gasteiger partial charge in [-0.3, -0.25) is 14.9 Å². The molecule has 2 aromatic rings. The molecule has 1 amide bonds. The Balaban J connectivity index is 2.02. The van der Waals surface area contributed by atoms with Gasteiger partial charge in [0.1, 0.15) is 0 Å². The first-order chi connectivity index (χ1) is 10.8. The standard InChI is InChI=1S/C12H14IN7O3/c1-7(6-19-8(2)4-11(17-19)20(22)23)14-15-12(21)9-5-10(13)18(3)16-9/h4-6,14H,1-3H3,(H,15,21). The van der Waals surface area contributed by atoms with Crippen LogP contribution in [0.4, 0.5) is 5.82 Å². The minimum atomic E-state index is -0.565. The first kappa shape index (κ1) is 16.9. The number of halogens is 1. The monoisotopic (exact) mass is 431 g/mol. The summed E-state index contributed by atoms with van der Waals surface area (Å²) >= 11 is 2.07. The number of rotatable bonds is 5. The molecule has 0 bridgehead atoms. The second-order valence-electron chi connectivity index (χ2n) is 4.71. The van der Waals surface area contributed by atoms with Crippen molar-refractivity contribution in [1.82, 2.24) is 30.4 Å². The largest absolute Gasteiger partial charge is 0.390 e. The summed E-state index contributed by atoms with van der Waals surface area (Å²) in [6.45, 7) is 3.38. The number of aromatic nitrogens is 4. The molecule has 2 rings (SSSR count). The molecule has 0 saturated carbocycles. The first-order valence-electron chi connectivity index (χ1n) is 6.43. The minimum absolute atomic E-state index is 0.237. The van der Waals surface area contributed by atoms with Gasteiger partial charge in [0.25, 0.3) is 5.91 Å². The van der Waals surface area contributed by atoms with Crippen molar-refractivity contribution in [2.45, 2.75) is 13.8 Å². The lowest BCUT2D eigenvalue weighted by Crippen LogP contribution is -2.36.